The van der Waals surface area contributed by atoms with Gasteiger partial charge in [-0.25, -0.2) is 9.97 Å². The minimum Gasteiger partial charge on any atom is -0.378 e. The van der Waals surface area contributed by atoms with Gasteiger partial charge in [0.05, 0.1) is 22.3 Å². The first-order chi connectivity index (χ1) is 9.37. The number of hydrogen-bond donors (Lipinski definition) is 1. The Balaban J connectivity index is 2.95. The minimum absolute atomic E-state index is 0.188. The van der Waals surface area contributed by atoms with E-state index in [9.17, 15) is 13.2 Å². The topological polar surface area (TPSA) is 47.0 Å². The van der Waals surface area contributed by atoms with Gasteiger partial charge in [-0.2, -0.15) is 13.2 Å². The highest BCUT2D eigenvalue weighted by molar-refractivity contribution is 14.1. The molecule has 8 heteroatoms. The van der Waals surface area contributed by atoms with E-state index < -0.39 is 12.6 Å². The van der Waals surface area contributed by atoms with Crippen LogP contribution in [0.1, 0.15) is 31.3 Å². The number of methoxy groups -OCH3 is 1. The fourth-order valence-electron chi connectivity index (χ4n) is 1.50. The third kappa shape index (κ3) is 5.78. The molecule has 0 unspecified atom stereocenters. The lowest BCUT2D eigenvalue weighted by molar-refractivity contribution is -0.134. The summed E-state index contributed by atoms with van der Waals surface area (Å²) in [5.74, 6) is 0.764. The Bertz CT molecular complexity index is 441. The minimum atomic E-state index is -4.20. The molecule has 0 atom stereocenters. The van der Waals surface area contributed by atoms with Crippen molar-refractivity contribution in [3.63, 3.8) is 0 Å². The highest BCUT2D eigenvalue weighted by atomic mass is 127. The van der Waals surface area contributed by atoms with E-state index in [1.807, 2.05) is 6.92 Å². The van der Waals surface area contributed by atoms with Crippen LogP contribution in [0.5, 0.6) is 0 Å². The molecule has 0 saturated carbocycles. The molecule has 0 saturated heterocycles. The maximum Gasteiger partial charge on any atom is 0.389 e. The van der Waals surface area contributed by atoms with Gasteiger partial charge in [0.25, 0.3) is 0 Å². The Hall–Kier alpha value is -0.640. The molecule has 1 aromatic heterocycles. The van der Waals surface area contributed by atoms with Crippen LogP contribution in [-0.4, -0.2) is 29.8 Å². The molecule has 114 valence electrons. The highest BCUT2D eigenvalue weighted by Crippen LogP contribution is 2.24. The molecule has 0 aliphatic carbocycles. The molecule has 0 fully saturated rings. The lowest BCUT2D eigenvalue weighted by Crippen LogP contribution is -2.14. The quantitative estimate of drug-likeness (QED) is 0.708. The number of alkyl halides is 3. The molecule has 0 aliphatic rings. The molecular formula is C12H17F3IN3O. The summed E-state index contributed by atoms with van der Waals surface area (Å²) in [5, 5.41) is 3.10. The predicted octanol–water partition coefficient (Wildman–Crippen LogP) is 3.54. The van der Waals surface area contributed by atoms with Crippen molar-refractivity contribution in [3.05, 3.63) is 15.1 Å². The van der Waals surface area contributed by atoms with Gasteiger partial charge in [0.15, 0.2) is 0 Å². The van der Waals surface area contributed by atoms with Crippen molar-refractivity contribution in [2.45, 2.75) is 39.0 Å². The van der Waals surface area contributed by atoms with Crippen molar-refractivity contribution in [3.8, 4) is 0 Å². The molecule has 4 nitrogen and oxygen atoms in total. The van der Waals surface area contributed by atoms with Crippen molar-refractivity contribution < 1.29 is 17.9 Å². The average molecular weight is 403 g/mol. The van der Waals surface area contributed by atoms with Gasteiger partial charge >= 0.3 is 6.18 Å². The maximum absolute atomic E-state index is 12.3. The molecule has 1 N–H and O–H groups in total. The van der Waals surface area contributed by atoms with Crippen LogP contribution in [0.3, 0.4) is 0 Å². The lowest BCUT2D eigenvalue weighted by atomic mass is 10.2. The van der Waals surface area contributed by atoms with Crippen LogP contribution in [0.2, 0.25) is 0 Å². The molecule has 0 amide bonds. The molecule has 0 bridgehead atoms. The highest BCUT2D eigenvalue weighted by Gasteiger charge is 2.27. The fourth-order valence-corrected chi connectivity index (χ4v) is 2.09. The monoisotopic (exact) mass is 403 g/mol. The largest absolute Gasteiger partial charge is 0.389 e. The molecule has 0 aliphatic heterocycles. The van der Waals surface area contributed by atoms with E-state index in [-0.39, 0.29) is 18.9 Å². The molecule has 0 radical (unpaired) electrons. The summed E-state index contributed by atoms with van der Waals surface area (Å²) in [6.45, 7) is 2.96. The molecular weight excluding hydrogens is 386 g/mol. The summed E-state index contributed by atoms with van der Waals surface area (Å²) in [4.78, 5) is 8.32. The number of halogens is 4. The number of aryl methyl sites for hydroxylation is 1. The lowest BCUT2D eigenvalue weighted by Gasteiger charge is -2.13. The van der Waals surface area contributed by atoms with Gasteiger partial charge < -0.3 is 10.1 Å². The van der Waals surface area contributed by atoms with Crippen molar-refractivity contribution in [1.29, 1.82) is 0 Å². The zero-order chi connectivity index (χ0) is 15.2. The van der Waals surface area contributed by atoms with E-state index in [1.165, 1.54) is 7.11 Å². The fraction of sp³-hybridized carbons (Fsp3) is 0.667. The summed E-state index contributed by atoms with van der Waals surface area (Å²) in [6, 6.07) is 0. The summed E-state index contributed by atoms with van der Waals surface area (Å²) in [5.41, 5.74) is 0.610. The third-order valence-electron chi connectivity index (χ3n) is 2.42. The SMILES string of the molecule is CCCNc1nc(CCC(F)(F)F)nc(COC)c1I. The summed E-state index contributed by atoms with van der Waals surface area (Å²) < 4.78 is 42.6. The zero-order valence-electron chi connectivity index (χ0n) is 11.4. The molecule has 20 heavy (non-hydrogen) atoms. The van der Waals surface area contributed by atoms with Crippen LogP contribution < -0.4 is 5.32 Å². The Labute approximate surface area is 129 Å². The van der Waals surface area contributed by atoms with Gasteiger partial charge in [0.2, 0.25) is 0 Å². The van der Waals surface area contributed by atoms with E-state index in [1.54, 1.807) is 0 Å². The number of rotatable bonds is 7. The molecule has 0 spiro atoms. The standard InChI is InChI=1S/C12H17F3IN3O/c1-3-6-17-11-10(16)8(7-20-2)18-9(19-11)4-5-12(13,14)15/h3-7H2,1-2H3,(H,17,18,19). The first-order valence-corrected chi connectivity index (χ1v) is 7.30. The second kappa shape index (κ2) is 7.96. The van der Waals surface area contributed by atoms with Crippen molar-refractivity contribution in [2.75, 3.05) is 19.0 Å². The number of ether oxygens (including phenoxy) is 1. The van der Waals surface area contributed by atoms with Crippen LogP contribution in [0.25, 0.3) is 0 Å². The van der Waals surface area contributed by atoms with E-state index in [0.717, 1.165) is 9.99 Å². The number of hydrogen-bond acceptors (Lipinski definition) is 4. The average Bonchev–Trinajstić information content (AvgIpc) is 2.37. The maximum atomic E-state index is 12.3. The number of aromatic nitrogens is 2. The third-order valence-corrected chi connectivity index (χ3v) is 3.56. The summed E-state index contributed by atoms with van der Waals surface area (Å²) >= 11 is 2.08. The van der Waals surface area contributed by atoms with Gasteiger partial charge in [-0.15, -0.1) is 0 Å². The van der Waals surface area contributed by atoms with E-state index in [2.05, 4.69) is 37.9 Å². The van der Waals surface area contributed by atoms with E-state index in [4.69, 9.17) is 4.74 Å². The van der Waals surface area contributed by atoms with Gasteiger partial charge in [-0.05, 0) is 29.0 Å². The summed E-state index contributed by atoms with van der Waals surface area (Å²) in [7, 11) is 1.52. The predicted molar refractivity (Wildman–Crippen MR) is 78.6 cm³/mol. The van der Waals surface area contributed by atoms with Crippen LogP contribution in [0, 0.1) is 3.57 Å². The van der Waals surface area contributed by atoms with E-state index in [0.29, 0.717) is 18.1 Å². The number of anilines is 1. The molecule has 0 aromatic carbocycles. The van der Waals surface area contributed by atoms with Gasteiger partial charge in [0, 0.05) is 20.1 Å². The number of nitrogens with zero attached hydrogens (tertiary/aromatic N) is 2. The second-order valence-corrected chi connectivity index (χ2v) is 5.30. The van der Waals surface area contributed by atoms with Crippen LogP contribution in [0.15, 0.2) is 0 Å². The Morgan fingerprint density at radius 3 is 2.55 bits per heavy atom. The van der Waals surface area contributed by atoms with Crippen molar-refractivity contribution in [2.24, 2.45) is 0 Å². The molecule has 1 heterocycles. The molecule has 1 rings (SSSR count). The Kier molecular flexibility index (Phi) is 6.93. The van der Waals surface area contributed by atoms with Crippen LogP contribution in [-0.2, 0) is 17.8 Å². The van der Waals surface area contributed by atoms with Gasteiger partial charge in [-0.1, -0.05) is 6.92 Å². The number of nitrogens with one attached hydrogen (secondary N) is 1. The zero-order valence-corrected chi connectivity index (χ0v) is 13.5. The van der Waals surface area contributed by atoms with Crippen molar-refractivity contribution in [1.82, 2.24) is 9.97 Å². The molecule has 1 aromatic rings. The Morgan fingerprint density at radius 2 is 2.00 bits per heavy atom. The summed E-state index contributed by atoms with van der Waals surface area (Å²) in [6.07, 6.45) is -4.45. The van der Waals surface area contributed by atoms with Crippen molar-refractivity contribution >= 4 is 28.4 Å². The van der Waals surface area contributed by atoms with Gasteiger partial charge in [0.1, 0.15) is 11.6 Å². The Morgan fingerprint density at radius 1 is 1.30 bits per heavy atom. The first kappa shape index (κ1) is 17.4. The first-order valence-electron chi connectivity index (χ1n) is 6.22. The second-order valence-electron chi connectivity index (χ2n) is 4.22. The van der Waals surface area contributed by atoms with Crippen LogP contribution >= 0.6 is 22.6 Å². The van der Waals surface area contributed by atoms with E-state index >= 15 is 0 Å². The normalized spacial score (nSPS) is 11.7. The van der Waals surface area contributed by atoms with Gasteiger partial charge in [-0.3, -0.25) is 0 Å². The smallest absolute Gasteiger partial charge is 0.378 e. The van der Waals surface area contributed by atoms with Crippen LogP contribution in [0.4, 0.5) is 19.0 Å².